The van der Waals surface area contributed by atoms with Gasteiger partial charge in [0.1, 0.15) is 6.29 Å². The Bertz CT molecular complexity index is 548. The fraction of sp³-hybridized carbons (Fsp3) is 0.632. The maximum Gasteiger partial charge on any atom is 0.125 e. The van der Waals surface area contributed by atoms with Crippen molar-refractivity contribution in [2.24, 2.45) is 5.92 Å². The highest BCUT2D eigenvalue weighted by molar-refractivity contribution is 5.58. The number of ether oxygens (including phenoxy) is 1. The predicted molar refractivity (Wildman–Crippen MR) is 88.2 cm³/mol. The Kier molecular flexibility index (Phi) is 4.37. The van der Waals surface area contributed by atoms with E-state index >= 15 is 0 Å². The third kappa shape index (κ3) is 2.84. The van der Waals surface area contributed by atoms with Crippen molar-refractivity contribution in [3.05, 3.63) is 34.9 Å². The van der Waals surface area contributed by atoms with Crippen molar-refractivity contribution in [2.45, 2.75) is 45.1 Å². The average Bonchev–Trinajstić information content (AvgIpc) is 2.93. The molecule has 2 unspecified atom stereocenters. The molecule has 22 heavy (non-hydrogen) atoms. The number of likely N-dealkylation sites (tertiary alicyclic amines) is 1. The van der Waals surface area contributed by atoms with Crippen LogP contribution in [0.2, 0.25) is 0 Å². The van der Waals surface area contributed by atoms with Crippen molar-refractivity contribution in [3.63, 3.8) is 0 Å². The van der Waals surface area contributed by atoms with Crippen LogP contribution in [-0.4, -0.2) is 43.0 Å². The Morgan fingerprint density at radius 3 is 2.59 bits per heavy atom. The zero-order valence-electron chi connectivity index (χ0n) is 14.0. The molecule has 0 amide bonds. The third-order valence-corrected chi connectivity index (χ3v) is 5.70. The molecule has 2 aliphatic heterocycles. The number of carbonyl (C=O) groups is 1. The Morgan fingerprint density at radius 2 is 1.95 bits per heavy atom. The van der Waals surface area contributed by atoms with Crippen LogP contribution < -0.4 is 0 Å². The Hall–Kier alpha value is -1.19. The van der Waals surface area contributed by atoms with Gasteiger partial charge in [-0.1, -0.05) is 23.8 Å². The molecule has 0 aromatic heterocycles. The number of aldehydes is 1. The number of benzene rings is 1. The van der Waals surface area contributed by atoms with Gasteiger partial charge in [-0.05, 0) is 44.7 Å². The molecule has 0 aliphatic carbocycles. The fourth-order valence-corrected chi connectivity index (χ4v) is 4.11. The molecule has 3 heteroatoms. The van der Waals surface area contributed by atoms with Crippen LogP contribution in [0.1, 0.15) is 42.4 Å². The van der Waals surface area contributed by atoms with Crippen LogP contribution in [0.15, 0.2) is 18.2 Å². The van der Waals surface area contributed by atoms with Gasteiger partial charge in [0.15, 0.2) is 0 Å². The first kappa shape index (κ1) is 15.7. The van der Waals surface area contributed by atoms with Crippen LogP contribution in [0, 0.1) is 19.8 Å². The summed E-state index contributed by atoms with van der Waals surface area (Å²) in [6.45, 7) is 10.2. The van der Waals surface area contributed by atoms with Gasteiger partial charge in [-0.25, -0.2) is 0 Å². The third-order valence-electron chi connectivity index (χ3n) is 5.70. The van der Waals surface area contributed by atoms with Crippen LogP contribution in [0.5, 0.6) is 0 Å². The minimum absolute atomic E-state index is 0.112. The van der Waals surface area contributed by atoms with E-state index in [1.165, 1.54) is 23.0 Å². The molecule has 1 aromatic rings. The van der Waals surface area contributed by atoms with E-state index in [1.54, 1.807) is 0 Å². The quantitative estimate of drug-likeness (QED) is 0.804. The Labute approximate surface area is 133 Å². The predicted octanol–water partition coefficient (Wildman–Crippen LogP) is 3.09. The van der Waals surface area contributed by atoms with E-state index in [4.69, 9.17) is 4.74 Å². The highest BCUT2D eigenvalue weighted by Crippen LogP contribution is 2.39. The maximum atomic E-state index is 11.7. The summed E-state index contributed by atoms with van der Waals surface area (Å²) in [6, 6.07) is 6.63. The molecular weight excluding hydrogens is 274 g/mol. The number of aryl methyl sites for hydroxylation is 2. The number of nitrogens with zero attached hydrogens (tertiary/aromatic N) is 1. The summed E-state index contributed by atoms with van der Waals surface area (Å²) >= 11 is 0. The molecule has 2 heterocycles. The lowest BCUT2D eigenvalue weighted by Crippen LogP contribution is -2.49. The number of hydrogen-bond donors (Lipinski definition) is 0. The lowest BCUT2D eigenvalue weighted by Gasteiger charge is -2.42. The number of carbonyl (C=O) groups excluding carboxylic acids is 1. The minimum Gasteiger partial charge on any atom is -0.381 e. The highest BCUT2D eigenvalue weighted by Gasteiger charge is 2.43. The van der Waals surface area contributed by atoms with Crippen LogP contribution in [0.4, 0.5) is 0 Å². The number of rotatable bonds is 3. The first-order chi connectivity index (χ1) is 10.5. The van der Waals surface area contributed by atoms with Crippen molar-refractivity contribution in [3.8, 4) is 0 Å². The second kappa shape index (κ2) is 6.13. The lowest BCUT2D eigenvalue weighted by molar-refractivity contribution is -0.111. The van der Waals surface area contributed by atoms with Gasteiger partial charge in [0.2, 0.25) is 0 Å². The monoisotopic (exact) mass is 301 g/mol. The molecular formula is C19H27NO2. The summed E-state index contributed by atoms with van der Waals surface area (Å²) in [7, 11) is 0. The van der Waals surface area contributed by atoms with Crippen LogP contribution in [-0.2, 0) is 9.53 Å². The van der Waals surface area contributed by atoms with E-state index in [9.17, 15) is 4.79 Å². The first-order valence-electron chi connectivity index (χ1n) is 8.39. The summed E-state index contributed by atoms with van der Waals surface area (Å²) in [5.41, 5.74) is 4.14. The molecule has 3 nitrogen and oxygen atoms in total. The first-order valence-corrected chi connectivity index (χ1v) is 8.39. The Morgan fingerprint density at radius 1 is 1.23 bits per heavy atom. The standard InChI is InChI=1S/C19H27NO2/c1-14-4-5-17(15(2)10-14)18-12-20(11-16(18)13-21)19(3)6-8-22-9-7-19/h4-5,10,13,16,18H,6-9,11-12H2,1-3H3. The zero-order valence-corrected chi connectivity index (χ0v) is 14.0. The summed E-state index contributed by atoms with van der Waals surface area (Å²) in [5.74, 6) is 0.443. The molecule has 3 rings (SSSR count). The molecule has 0 saturated carbocycles. The molecule has 0 bridgehead atoms. The molecule has 120 valence electrons. The smallest absolute Gasteiger partial charge is 0.125 e. The average molecular weight is 301 g/mol. The van der Waals surface area contributed by atoms with Gasteiger partial charge in [-0.15, -0.1) is 0 Å². The highest BCUT2D eigenvalue weighted by atomic mass is 16.5. The largest absolute Gasteiger partial charge is 0.381 e. The molecule has 2 atom stereocenters. The van der Waals surface area contributed by atoms with Gasteiger partial charge in [-0.2, -0.15) is 0 Å². The van der Waals surface area contributed by atoms with Crippen LogP contribution in [0.25, 0.3) is 0 Å². The van der Waals surface area contributed by atoms with E-state index in [2.05, 4.69) is 43.9 Å². The van der Waals surface area contributed by atoms with Gasteiger partial charge < -0.3 is 9.53 Å². The van der Waals surface area contributed by atoms with Crippen molar-refractivity contribution >= 4 is 6.29 Å². The second-order valence-corrected chi connectivity index (χ2v) is 7.28. The van der Waals surface area contributed by atoms with Crippen LogP contribution in [0.3, 0.4) is 0 Å². The topological polar surface area (TPSA) is 29.5 Å². The van der Waals surface area contributed by atoms with Gasteiger partial charge in [0.05, 0.1) is 0 Å². The molecule has 0 radical (unpaired) electrons. The molecule has 2 aliphatic rings. The van der Waals surface area contributed by atoms with Crippen molar-refractivity contribution in [2.75, 3.05) is 26.3 Å². The lowest BCUT2D eigenvalue weighted by atomic mass is 9.86. The van der Waals surface area contributed by atoms with E-state index in [1.807, 2.05) is 0 Å². The van der Waals surface area contributed by atoms with E-state index in [0.29, 0.717) is 5.92 Å². The fourth-order valence-electron chi connectivity index (χ4n) is 4.11. The Balaban J connectivity index is 1.84. The van der Waals surface area contributed by atoms with E-state index < -0.39 is 0 Å². The van der Waals surface area contributed by atoms with E-state index in [0.717, 1.165) is 39.1 Å². The van der Waals surface area contributed by atoms with Gasteiger partial charge in [0, 0.05) is 43.7 Å². The van der Waals surface area contributed by atoms with Crippen molar-refractivity contribution in [1.29, 1.82) is 0 Å². The molecule has 1 aromatic carbocycles. The zero-order chi connectivity index (χ0) is 15.7. The van der Waals surface area contributed by atoms with Crippen molar-refractivity contribution < 1.29 is 9.53 Å². The SMILES string of the molecule is Cc1ccc(C2CN(C3(C)CCOCC3)CC2C=O)c(C)c1. The molecule has 0 spiro atoms. The molecule has 0 N–H and O–H groups in total. The molecule has 2 saturated heterocycles. The minimum atomic E-state index is 0.112. The second-order valence-electron chi connectivity index (χ2n) is 7.28. The summed E-state index contributed by atoms with van der Waals surface area (Å²) in [6.07, 6.45) is 3.31. The van der Waals surface area contributed by atoms with E-state index in [-0.39, 0.29) is 11.5 Å². The maximum absolute atomic E-state index is 11.7. The van der Waals surface area contributed by atoms with Gasteiger partial charge >= 0.3 is 0 Å². The van der Waals surface area contributed by atoms with Crippen LogP contribution >= 0.6 is 0 Å². The van der Waals surface area contributed by atoms with Gasteiger partial charge in [0.25, 0.3) is 0 Å². The van der Waals surface area contributed by atoms with Crippen molar-refractivity contribution in [1.82, 2.24) is 4.90 Å². The molecule has 2 fully saturated rings. The summed E-state index contributed by atoms with van der Waals surface area (Å²) in [4.78, 5) is 14.2. The summed E-state index contributed by atoms with van der Waals surface area (Å²) in [5, 5.41) is 0. The summed E-state index contributed by atoms with van der Waals surface area (Å²) < 4.78 is 5.53. The number of hydrogen-bond acceptors (Lipinski definition) is 3. The normalized spacial score (nSPS) is 28.7. The van der Waals surface area contributed by atoms with Gasteiger partial charge in [-0.3, -0.25) is 4.90 Å².